The summed E-state index contributed by atoms with van der Waals surface area (Å²) in [6.45, 7) is 13.8. The lowest BCUT2D eigenvalue weighted by Crippen LogP contribution is -2.65. The van der Waals surface area contributed by atoms with Crippen molar-refractivity contribution in [1.29, 1.82) is 0 Å². The number of fused-ring (bicyclic) bond motifs is 2. The first-order valence-electron chi connectivity index (χ1n) is 20.9. The van der Waals surface area contributed by atoms with Gasteiger partial charge in [-0.05, 0) is 117 Å². The zero-order valence-electron chi connectivity index (χ0n) is 33.6. The lowest BCUT2D eigenvalue weighted by Gasteiger charge is -2.65. The summed E-state index contributed by atoms with van der Waals surface area (Å²) in [6, 6.07) is 0. The molecule has 316 valence electrons. The van der Waals surface area contributed by atoms with Crippen molar-refractivity contribution >= 4 is 0 Å². The average Bonchev–Trinajstić information content (AvgIpc) is 3.47. The van der Waals surface area contributed by atoms with Gasteiger partial charge in [0.2, 0.25) is 0 Å². The predicted molar refractivity (Wildman–Crippen MR) is 194 cm³/mol. The monoisotopic (exact) mass is 784 g/mol. The standard InChI is InChI=1S/C41H68O14/c1-35(2)24(54-33-29(48)26(45)20(44)17-51-33)9-11-41-18-40(41)13-12-37(5)31(39(7)10-8-25(55-39)36(3,4)50)19(43)15-38(37,6)23(40)14-21(32(35)41)52-34-30(49)28(47)27(46)22(16-42)53-34/h19-34,42-50H,8-18H2,1-7H3/t19-,20+,21-,22+,23-,24-,25-,26-,27?,28-,29+,30?,31-,32-,33-,34+,37+,38?,39+,40-,41+/m1/s1. The molecule has 8 rings (SSSR count). The van der Waals surface area contributed by atoms with Crippen molar-refractivity contribution < 1.29 is 69.6 Å². The third-order valence-electron chi connectivity index (χ3n) is 17.6. The fraction of sp³-hybridized carbons (Fsp3) is 1.00. The van der Waals surface area contributed by atoms with Gasteiger partial charge < -0.3 is 69.6 Å². The summed E-state index contributed by atoms with van der Waals surface area (Å²) < 4.78 is 31.9. The lowest BCUT2D eigenvalue weighted by molar-refractivity contribution is -0.339. The summed E-state index contributed by atoms with van der Waals surface area (Å²) in [6.07, 6.45) is -7.48. The minimum Gasteiger partial charge on any atom is -0.394 e. The molecule has 9 N–H and O–H groups in total. The van der Waals surface area contributed by atoms with Crippen molar-refractivity contribution in [2.24, 2.45) is 44.8 Å². The minimum atomic E-state index is -1.60. The smallest absolute Gasteiger partial charge is 0.186 e. The van der Waals surface area contributed by atoms with E-state index in [1.54, 1.807) is 13.8 Å². The highest BCUT2D eigenvalue weighted by molar-refractivity contribution is 5.33. The van der Waals surface area contributed by atoms with Gasteiger partial charge in [-0.15, -0.1) is 0 Å². The van der Waals surface area contributed by atoms with Gasteiger partial charge in [0, 0.05) is 5.92 Å². The molecule has 8 aliphatic rings. The molecule has 0 amide bonds. The van der Waals surface area contributed by atoms with Gasteiger partial charge in [-0.2, -0.15) is 0 Å². The van der Waals surface area contributed by atoms with Crippen LogP contribution in [0.1, 0.15) is 106 Å². The van der Waals surface area contributed by atoms with Gasteiger partial charge in [0.15, 0.2) is 12.6 Å². The third-order valence-corrected chi connectivity index (χ3v) is 17.6. The van der Waals surface area contributed by atoms with E-state index in [4.69, 9.17) is 23.7 Å². The van der Waals surface area contributed by atoms with Gasteiger partial charge in [-0.3, -0.25) is 0 Å². The molecule has 0 radical (unpaired) electrons. The van der Waals surface area contributed by atoms with Crippen molar-refractivity contribution in [3.05, 3.63) is 0 Å². The van der Waals surface area contributed by atoms with Crippen molar-refractivity contribution in [3.8, 4) is 0 Å². The summed E-state index contributed by atoms with van der Waals surface area (Å²) in [4.78, 5) is 0. The Hall–Kier alpha value is -0.560. The molecular weight excluding hydrogens is 716 g/mol. The lowest BCUT2D eigenvalue weighted by atomic mass is 9.41. The predicted octanol–water partition coefficient (Wildman–Crippen LogP) is 0.724. The summed E-state index contributed by atoms with van der Waals surface area (Å²) >= 11 is 0. The summed E-state index contributed by atoms with van der Waals surface area (Å²) in [5.74, 6) is -0.215. The Balaban J connectivity index is 1.15. The van der Waals surface area contributed by atoms with E-state index in [9.17, 15) is 46.0 Å². The van der Waals surface area contributed by atoms with E-state index in [2.05, 4.69) is 34.6 Å². The SMILES string of the molecule is CC(C)(O)[C@H]1CC[C@@](C)([C@@H]2[C@H](O)CC3(C)[C@H]4C[C@@H](O[C@H]5O[C@@H](CO)C(O)[C@@H](O)C5O)[C@@H]5C(C)(C)[C@H](O[C@H]6OC[C@H](O)[C@@H](O)[C@@H]6O)CC[C@]56C[C@]46CC[C@@]23C)O1. The Morgan fingerprint density at radius 2 is 1.40 bits per heavy atom. The normalized spacial score (nSPS) is 58.7. The first kappa shape index (κ1) is 41.2. The van der Waals surface area contributed by atoms with Gasteiger partial charge >= 0.3 is 0 Å². The molecule has 21 atom stereocenters. The molecule has 2 spiro atoms. The largest absolute Gasteiger partial charge is 0.394 e. The van der Waals surface area contributed by atoms with E-state index in [1.165, 1.54) is 0 Å². The molecule has 55 heavy (non-hydrogen) atoms. The maximum absolute atomic E-state index is 12.2. The highest BCUT2D eigenvalue weighted by Crippen LogP contribution is 2.89. The van der Waals surface area contributed by atoms with Gasteiger partial charge in [0.25, 0.3) is 0 Å². The molecule has 8 fully saturated rings. The topological polar surface area (TPSA) is 228 Å². The Kier molecular flexibility index (Phi) is 9.90. The molecule has 3 aliphatic heterocycles. The third kappa shape index (κ3) is 5.70. The molecule has 0 bridgehead atoms. The number of ether oxygens (including phenoxy) is 5. The van der Waals surface area contributed by atoms with Gasteiger partial charge in [-0.25, -0.2) is 0 Å². The van der Waals surface area contributed by atoms with Crippen LogP contribution in [0, 0.1) is 44.8 Å². The molecule has 14 nitrogen and oxygen atoms in total. The van der Waals surface area contributed by atoms with Crippen LogP contribution in [0.3, 0.4) is 0 Å². The molecule has 5 saturated carbocycles. The van der Waals surface area contributed by atoms with Crippen molar-refractivity contribution in [2.75, 3.05) is 13.2 Å². The van der Waals surface area contributed by atoms with E-state index in [0.717, 1.165) is 32.1 Å². The van der Waals surface area contributed by atoms with Crippen LogP contribution in [0.2, 0.25) is 0 Å². The fourth-order valence-corrected chi connectivity index (χ4v) is 14.9. The van der Waals surface area contributed by atoms with Crippen molar-refractivity contribution in [1.82, 2.24) is 0 Å². The van der Waals surface area contributed by atoms with Crippen LogP contribution in [0.4, 0.5) is 0 Å². The minimum absolute atomic E-state index is 0.0633. The van der Waals surface area contributed by atoms with Crippen LogP contribution < -0.4 is 0 Å². The van der Waals surface area contributed by atoms with E-state index < -0.39 is 96.8 Å². The van der Waals surface area contributed by atoms with Crippen molar-refractivity contribution in [3.63, 3.8) is 0 Å². The second-order valence-electron chi connectivity index (χ2n) is 21.1. The van der Waals surface area contributed by atoms with Gasteiger partial charge in [0.1, 0.15) is 42.7 Å². The number of hydrogen-bond donors (Lipinski definition) is 9. The maximum atomic E-state index is 12.2. The highest BCUT2D eigenvalue weighted by atomic mass is 16.7. The molecular formula is C41H68O14. The maximum Gasteiger partial charge on any atom is 0.186 e. The van der Waals surface area contributed by atoms with Crippen LogP contribution in [0.15, 0.2) is 0 Å². The van der Waals surface area contributed by atoms with Crippen molar-refractivity contribution in [2.45, 2.75) is 197 Å². The van der Waals surface area contributed by atoms with Crippen LogP contribution in [-0.4, -0.2) is 150 Å². The number of aliphatic hydroxyl groups excluding tert-OH is 8. The molecule has 14 heteroatoms. The molecule has 5 aliphatic carbocycles. The number of rotatable bonds is 7. The quantitative estimate of drug-likeness (QED) is 0.162. The van der Waals surface area contributed by atoms with E-state index >= 15 is 0 Å². The molecule has 3 heterocycles. The molecule has 0 aromatic carbocycles. The Labute approximate surface area is 324 Å². The molecule has 3 unspecified atom stereocenters. The Bertz CT molecular complexity index is 1460. The van der Waals surface area contributed by atoms with Gasteiger partial charge in [-0.1, -0.05) is 27.7 Å². The molecule has 0 aromatic heterocycles. The molecule has 3 saturated heterocycles. The molecule has 0 aromatic rings. The van der Waals surface area contributed by atoms with E-state index in [-0.39, 0.29) is 52.1 Å². The zero-order chi connectivity index (χ0) is 40.1. The number of aliphatic hydroxyl groups is 9. The van der Waals surface area contributed by atoms with Crippen LogP contribution in [0.5, 0.6) is 0 Å². The highest BCUT2D eigenvalue weighted by Gasteiger charge is 2.85. The summed E-state index contributed by atoms with van der Waals surface area (Å²) in [7, 11) is 0. The summed E-state index contributed by atoms with van der Waals surface area (Å²) in [5, 5.41) is 97.2. The summed E-state index contributed by atoms with van der Waals surface area (Å²) in [5.41, 5.74) is -3.16. The van der Waals surface area contributed by atoms with Crippen LogP contribution >= 0.6 is 0 Å². The van der Waals surface area contributed by atoms with E-state index in [1.807, 2.05) is 0 Å². The van der Waals surface area contributed by atoms with Crippen LogP contribution in [0.25, 0.3) is 0 Å². The fourth-order valence-electron chi connectivity index (χ4n) is 14.9. The second-order valence-corrected chi connectivity index (χ2v) is 21.1. The first-order chi connectivity index (χ1) is 25.5. The average molecular weight is 785 g/mol. The zero-order valence-corrected chi connectivity index (χ0v) is 33.6. The Morgan fingerprint density at radius 1 is 0.709 bits per heavy atom. The van der Waals surface area contributed by atoms with Crippen LogP contribution in [-0.2, 0) is 23.7 Å². The first-order valence-corrected chi connectivity index (χ1v) is 20.9. The van der Waals surface area contributed by atoms with E-state index in [0.29, 0.717) is 25.7 Å². The Morgan fingerprint density at radius 3 is 2.05 bits per heavy atom. The second kappa shape index (κ2) is 13.2. The number of hydrogen-bond acceptors (Lipinski definition) is 14. The van der Waals surface area contributed by atoms with Gasteiger partial charge in [0.05, 0.1) is 48.8 Å².